The van der Waals surface area contributed by atoms with E-state index in [1.165, 1.54) is 12.1 Å². The Morgan fingerprint density at radius 1 is 1.29 bits per heavy atom. The average molecular weight is 251 g/mol. The minimum atomic E-state index is -0.228. The third-order valence-electron chi connectivity index (χ3n) is 2.54. The van der Waals surface area contributed by atoms with Gasteiger partial charge in [-0.15, -0.1) is 11.8 Å². The van der Waals surface area contributed by atoms with Crippen LogP contribution in [0.15, 0.2) is 45.9 Å². The highest BCUT2D eigenvalue weighted by Crippen LogP contribution is 2.36. The zero-order valence-electron chi connectivity index (χ0n) is 9.52. The molecule has 0 aliphatic carbocycles. The molecule has 0 saturated heterocycles. The van der Waals surface area contributed by atoms with Crippen LogP contribution in [-0.2, 0) is 0 Å². The van der Waals surface area contributed by atoms with Gasteiger partial charge in [-0.25, -0.2) is 4.39 Å². The fourth-order valence-electron chi connectivity index (χ4n) is 1.58. The van der Waals surface area contributed by atoms with Crippen molar-refractivity contribution in [3.63, 3.8) is 0 Å². The molecule has 1 aromatic heterocycles. The van der Waals surface area contributed by atoms with Crippen LogP contribution < -0.4 is 5.73 Å². The van der Waals surface area contributed by atoms with Gasteiger partial charge in [0.2, 0.25) is 0 Å². The lowest BCUT2D eigenvalue weighted by atomic mass is 10.1. The molecule has 0 spiro atoms. The van der Waals surface area contributed by atoms with E-state index in [-0.39, 0.29) is 11.1 Å². The van der Waals surface area contributed by atoms with Gasteiger partial charge in [-0.2, -0.15) is 0 Å². The topological polar surface area (TPSA) is 39.2 Å². The monoisotopic (exact) mass is 251 g/mol. The highest BCUT2D eigenvalue weighted by Gasteiger charge is 2.14. The fraction of sp³-hybridized carbons (Fsp3) is 0.231. The van der Waals surface area contributed by atoms with Gasteiger partial charge in [0.25, 0.3) is 0 Å². The molecule has 1 aromatic carbocycles. The van der Waals surface area contributed by atoms with Crippen LogP contribution in [0.1, 0.15) is 16.6 Å². The number of hydrogen-bond acceptors (Lipinski definition) is 3. The van der Waals surface area contributed by atoms with Crippen LogP contribution in [0.25, 0.3) is 0 Å². The SMILES string of the molecule is Cc1occc1SC(CN)c1ccc(F)cc1. The van der Waals surface area contributed by atoms with E-state index in [1.807, 2.05) is 13.0 Å². The van der Waals surface area contributed by atoms with Crippen molar-refractivity contribution in [2.45, 2.75) is 17.1 Å². The molecule has 90 valence electrons. The van der Waals surface area contributed by atoms with Gasteiger partial charge in [0.1, 0.15) is 11.6 Å². The maximum atomic E-state index is 12.8. The molecule has 17 heavy (non-hydrogen) atoms. The van der Waals surface area contributed by atoms with E-state index in [9.17, 15) is 4.39 Å². The van der Waals surface area contributed by atoms with E-state index >= 15 is 0 Å². The third kappa shape index (κ3) is 2.90. The van der Waals surface area contributed by atoms with Crippen molar-refractivity contribution in [2.24, 2.45) is 5.73 Å². The van der Waals surface area contributed by atoms with Gasteiger partial charge < -0.3 is 10.2 Å². The standard InChI is InChI=1S/C13H14FNOS/c1-9-12(6-7-16-9)17-13(8-15)10-2-4-11(14)5-3-10/h2-7,13H,8,15H2,1H3. The van der Waals surface area contributed by atoms with Crippen molar-refractivity contribution in [3.05, 3.63) is 53.7 Å². The molecule has 0 saturated carbocycles. The third-order valence-corrected chi connectivity index (χ3v) is 3.96. The number of furan rings is 1. The molecule has 4 heteroatoms. The van der Waals surface area contributed by atoms with Crippen LogP contribution in [0, 0.1) is 12.7 Å². The molecule has 0 aliphatic heterocycles. The predicted molar refractivity (Wildman–Crippen MR) is 67.5 cm³/mol. The van der Waals surface area contributed by atoms with Crippen molar-refractivity contribution in [1.29, 1.82) is 0 Å². The molecule has 2 rings (SSSR count). The second kappa shape index (κ2) is 5.38. The molecular weight excluding hydrogens is 237 g/mol. The lowest BCUT2D eigenvalue weighted by Crippen LogP contribution is -2.09. The first-order valence-electron chi connectivity index (χ1n) is 5.37. The Labute approximate surface area is 104 Å². The number of aryl methyl sites for hydroxylation is 1. The van der Waals surface area contributed by atoms with Crippen molar-refractivity contribution in [1.82, 2.24) is 0 Å². The number of benzene rings is 1. The molecule has 0 aliphatic rings. The first kappa shape index (κ1) is 12.2. The average Bonchev–Trinajstić information content (AvgIpc) is 2.73. The Morgan fingerprint density at radius 2 is 2.00 bits per heavy atom. The fourth-order valence-corrected chi connectivity index (χ4v) is 2.62. The first-order valence-corrected chi connectivity index (χ1v) is 6.25. The van der Waals surface area contributed by atoms with Gasteiger partial charge in [0.05, 0.1) is 6.26 Å². The normalized spacial score (nSPS) is 12.6. The number of thioether (sulfide) groups is 1. The lowest BCUT2D eigenvalue weighted by Gasteiger charge is -2.14. The molecule has 2 N–H and O–H groups in total. The maximum absolute atomic E-state index is 12.8. The quantitative estimate of drug-likeness (QED) is 0.845. The van der Waals surface area contributed by atoms with Crippen molar-refractivity contribution in [2.75, 3.05) is 6.54 Å². The Morgan fingerprint density at radius 3 is 2.53 bits per heavy atom. The van der Waals surface area contributed by atoms with Gasteiger partial charge in [-0.1, -0.05) is 12.1 Å². The molecule has 0 fully saturated rings. The van der Waals surface area contributed by atoms with Gasteiger partial charge in [0, 0.05) is 16.7 Å². The number of rotatable bonds is 4. The molecule has 0 radical (unpaired) electrons. The van der Waals surface area contributed by atoms with Gasteiger partial charge in [-0.05, 0) is 30.7 Å². The molecule has 2 nitrogen and oxygen atoms in total. The Balaban J connectivity index is 2.17. The van der Waals surface area contributed by atoms with Crippen molar-refractivity contribution in [3.8, 4) is 0 Å². The number of hydrogen-bond donors (Lipinski definition) is 1. The van der Waals surface area contributed by atoms with E-state index in [0.29, 0.717) is 6.54 Å². The Bertz CT molecular complexity index is 480. The molecule has 0 bridgehead atoms. The van der Waals surface area contributed by atoms with E-state index in [2.05, 4.69) is 0 Å². The largest absolute Gasteiger partial charge is 0.468 e. The Hall–Kier alpha value is -1.26. The van der Waals surface area contributed by atoms with Crippen molar-refractivity contribution >= 4 is 11.8 Å². The maximum Gasteiger partial charge on any atom is 0.123 e. The summed E-state index contributed by atoms with van der Waals surface area (Å²) in [6.07, 6.45) is 1.66. The molecule has 0 amide bonds. The lowest BCUT2D eigenvalue weighted by molar-refractivity contribution is 0.526. The summed E-state index contributed by atoms with van der Waals surface area (Å²) in [6, 6.07) is 8.39. The van der Waals surface area contributed by atoms with Gasteiger partial charge in [0.15, 0.2) is 0 Å². The summed E-state index contributed by atoms with van der Waals surface area (Å²) in [5.74, 6) is 0.657. The van der Waals surface area contributed by atoms with Crippen LogP contribution in [0.5, 0.6) is 0 Å². The highest BCUT2D eigenvalue weighted by molar-refractivity contribution is 7.99. The zero-order chi connectivity index (χ0) is 12.3. The predicted octanol–water partition coefficient (Wildman–Crippen LogP) is 3.52. The molecular formula is C13H14FNOS. The van der Waals surface area contributed by atoms with Crippen LogP contribution in [-0.4, -0.2) is 6.54 Å². The Kier molecular flexibility index (Phi) is 3.86. The van der Waals surface area contributed by atoms with E-state index < -0.39 is 0 Å². The minimum Gasteiger partial charge on any atom is -0.468 e. The van der Waals surface area contributed by atoms with Crippen LogP contribution in [0.2, 0.25) is 0 Å². The number of nitrogens with two attached hydrogens (primary N) is 1. The number of halogens is 1. The van der Waals surface area contributed by atoms with E-state index in [1.54, 1.807) is 30.2 Å². The second-order valence-corrected chi connectivity index (χ2v) is 4.98. The van der Waals surface area contributed by atoms with Crippen LogP contribution in [0.4, 0.5) is 4.39 Å². The summed E-state index contributed by atoms with van der Waals surface area (Å²) in [5.41, 5.74) is 6.79. The summed E-state index contributed by atoms with van der Waals surface area (Å²) in [4.78, 5) is 1.07. The molecule has 1 atom stereocenters. The first-order chi connectivity index (χ1) is 8.20. The van der Waals surface area contributed by atoms with Gasteiger partial charge >= 0.3 is 0 Å². The van der Waals surface area contributed by atoms with Crippen LogP contribution >= 0.6 is 11.8 Å². The van der Waals surface area contributed by atoms with E-state index in [4.69, 9.17) is 10.2 Å². The smallest absolute Gasteiger partial charge is 0.123 e. The summed E-state index contributed by atoms with van der Waals surface area (Å²) in [6.45, 7) is 2.42. The molecule has 1 unspecified atom stereocenters. The zero-order valence-corrected chi connectivity index (χ0v) is 10.3. The molecule has 2 aromatic rings. The molecule has 1 heterocycles. The second-order valence-electron chi connectivity index (χ2n) is 3.73. The van der Waals surface area contributed by atoms with Gasteiger partial charge in [-0.3, -0.25) is 0 Å². The van der Waals surface area contributed by atoms with Crippen molar-refractivity contribution < 1.29 is 8.81 Å². The minimum absolute atomic E-state index is 0.117. The summed E-state index contributed by atoms with van der Waals surface area (Å²) in [7, 11) is 0. The highest BCUT2D eigenvalue weighted by atomic mass is 32.2. The van der Waals surface area contributed by atoms with Crippen LogP contribution in [0.3, 0.4) is 0 Å². The summed E-state index contributed by atoms with van der Waals surface area (Å²) < 4.78 is 18.1. The summed E-state index contributed by atoms with van der Waals surface area (Å²) in [5, 5.41) is 0.117. The van der Waals surface area contributed by atoms with E-state index in [0.717, 1.165) is 16.2 Å². The summed E-state index contributed by atoms with van der Waals surface area (Å²) >= 11 is 1.64.